The minimum atomic E-state index is -0.318. The molecule has 1 unspecified atom stereocenters. The van der Waals surface area contributed by atoms with E-state index in [1.165, 1.54) is 6.08 Å². The van der Waals surface area contributed by atoms with Crippen molar-refractivity contribution in [2.75, 3.05) is 0 Å². The van der Waals surface area contributed by atoms with Crippen molar-refractivity contribution in [3.8, 4) is 11.1 Å². The Bertz CT molecular complexity index is 1010. The monoisotopic (exact) mass is 391 g/mol. The van der Waals surface area contributed by atoms with Crippen LogP contribution in [0, 0.1) is 6.92 Å². The lowest BCUT2D eigenvalue weighted by Crippen LogP contribution is -2.13. The number of hydrogen-bond acceptors (Lipinski definition) is 6. The summed E-state index contributed by atoms with van der Waals surface area (Å²) in [7, 11) is 0. The lowest BCUT2D eigenvalue weighted by Gasteiger charge is -2.11. The molecule has 0 radical (unpaired) electrons. The van der Waals surface area contributed by atoms with Crippen LogP contribution >= 0.6 is 11.3 Å². The molecule has 0 spiro atoms. The van der Waals surface area contributed by atoms with Gasteiger partial charge in [0.25, 0.3) is 0 Å². The highest BCUT2D eigenvalue weighted by Crippen LogP contribution is 2.24. The number of aryl methyl sites for hydroxylation is 1. The Hall–Kier alpha value is -2.99. The number of allylic oxidation sites excluding steroid dienone is 1. The van der Waals surface area contributed by atoms with E-state index in [1.54, 1.807) is 29.9 Å². The number of Topliss-reactive ketones (excluding diaryl/α,β-unsaturated/α-hetero) is 1. The first-order valence-corrected chi connectivity index (χ1v) is 9.78. The summed E-state index contributed by atoms with van der Waals surface area (Å²) >= 11 is 1.54. The first-order valence-electron chi connectivity index (χ1n) is 8.97. The molecule has 6 heteroatoms. The molecule has 3 heterocycles. The predicted molar refractivity (Wildman–Crippen MR) is 110 cm³/mol. The summed E-state index contributed by atoms with van der Waals surface area (Å²) in [5.74, 6) is -0.286. The molecule has 0 aromatic carbocycles. The summed E-state index contributed by atoms with van der Waals surface area (Å²) in [4.78, 5) is 38.2. The second-order valence-corrected chi connectivity index (χ2v) is 7.90. The highest BCUT2D eigenvalue weighted by Gasteiger charge is 2.19. The summed E-state index contributed by atoms with van der Waals surface area (Å²) in [6.45, 7) is 7.33. The molecule has 1 atom stereocenters. The quantitative estimate of drug-likeness (QED) is 0.540. The van der Waals surface area contributed by atoms with Gasteiger partial charge in [0.2, 0.25) is 0 Å². The number of thiazole rings is 1. The van der Waals surface area contributed by atoms with Crippen LogP contribution in [0.1, 0.15) is 34.1 Å². The fourth-order valence-electron chi connectivity index (χ4n) is 2.77. The summed E-state index contributed by atoms with van der Waals surface area (Å²) in [5.41, 5.74) is 3.27. The third kappa shape index (κ3) is 4.84. The van der Waals surface area contributed by atoms with Gasteiger partial charge in [0.1, 0.15) is 10.8 Å². The smallest absolute Gasteiger partial charge is 0.161 e. The first kappa shape index (κ1) is 19.8. The van der Waals surface area contributed by atoms with E-state index >= 15 is 0 Å². The minimum Gasteiger partial charge on any atom is -0.298 e. The number of nitrogens with zero attached hydrogens (tertiary/aromatic N) is 3. The Morgan fingerprint density at radius 2 is 1.93 bits per heavy atom. The van der Waals surface area contributed by atoms with Crippen LogP contribution in [-0.2, 0) is 22.4 Å². The third-order valence-electron chi connectivity index (χ3n) is 4.44. The van der Waals surface area contributed by atoms with E-state index in [2.05, 4.69) is 21.5 Å². The number of ketones is 2. The zero-order valence-corrected chi connectivity index (χ0v) is 16.7. The number of aromatic nitrogens is 3. The fourth-order valence-corrected chi connectivity index (χ4v) is 3.56. The topological polar surface area (TPSA) is 72.8 Å². The second kappa shape index (κ2) is 8.80. The van der Waals surface area contributed by atoms with Gasteiger partial charge < -0.3 is 0 Å². The number of pyridine rings is 2. The second-order valence-electron chi connectivity index (χ2n) is 6.58. The molecule has 28 heavy (non-hydrogen) atoms. The molecule has 0 saturated heterocycles. The molecule has 142 valence electrons. The number of carbonyl (C=O) groups excluding carboxylic acids is 2. The van der Waals surface area contributed by atoms with Crippen LogP contribution in [0.2, 0.25) is 0 Å². The third-order valence-corrected chi connectivity index (χ3v) is 5.36. The molecular formula is C22H21N3O2S. The summed E-state index contributed by atoms with van der Waals surface area (Å²) in [6.07, 6.45) is 7.09. The molecule has 0 aliphatic rings. The molecule has 0 aliphatic carbocycles. The molecule has 3 aromatic heterocycles. The predicted octanol–water partition coefficient (Wildman–Crippen LogP) is 4.12. The van der Waals surface area contributed by atoms with Gasteiger partial charge in [0.05, 0.1) is 24.5 Å². The van der Waals surface area contributed by atoms with Crippen LogP contribution in [0.15, 0.2) is 55.5 Å². The molecule has 0 saturated carbocycles. The van der Waals surface area contributed by atoms with E-state index in [4.69, 9.17) is 0 Å². The molecule has 0 aliphatic heterocycles. The van der Waals surface area contributed by atoms with E-state index in [0.29, 0.717) is 12.1 Å². The average molecular weight is 391 g/mol. The van der Waals surface area contributed by atoms with Crippen molar-refractivity contribution in [2.45, 2.75) is 32.6 Å². The molecule has 0 fully saturated rings. The van der Waals surface area contributed by atoms with Crippen LogP contribution in [0.3, 0.4) is 0 Å². The molecule has 5 nitrogen and oxygen atoms in total. The highest BCUT2D eigenvalue weighted by atomic mass is 32.1. The molecule has 0 N–H and O–H groups in total. The van der Waals surface area contributed by atoms with Crippen molar-refractivity contribution >= 4 is 22.9 Å². The SMILES string of the molecule is C=CC(=O)Cc1ccc(-c2ccnc(C(C)C(=O)Cc3ncc(C)s3)c2)cn1. The maximum atomic E-state index is 12.6. The van der Waals surface area contributed by atoms with Crippen molar-refractivity contribution in [3.05, 3.63) is 76.8 Å². The van der Waals surface area contributed by atoms with Gasteiger partial charge >= 0.3 is 0 Å². The van der Waals surface area contributed by atoms with Gasteiger partial charge in [0.15, 0.2) is 5.78 Å². The molecule has 3 aromatic rings. The summed E-state index contributed by atoms with van der Waals surface area (Å²) in [5, 5.41) is 0.833. The van der Waals surface area contributed by atoms with Crippen molar-refractivity contribution < 1.29 is 9.59 Å². The fraction of sp³-hybridized carbons (Fsp3) is 0.227. The van der Waals surface area contributed by atoms with Crippen LogP contribution in [0.5, 0.6) is 0 Å². The maximum absolute atomic E-state index is 12.6. The summed E-state index contributed by atoms with van der Waals surface area (Å²) < 4.78 is 0. The van der Waals surface area contributed by atoms with E-state index in [-0.39, 0.29) is 23.9 Å². The number of rotatable bonds is 8. The zero-order chi connectivity index (χ0) is 20.1. The summed E-state index contributed by atoms with van der Waals surface area (Å²) in [6, 6.07) is 7.55. The van der Waals surface area contributed by atoms with Gasteiger partial charge in [-0.1, -0.05) is 12.6 Å². The standard InChI is InChI=1S/C22H21N3O2S/c1-4-19(26)10-18-6-5-17(13-24-18)16-7-8-23-20(9-16)15(3)21(27)11-22-25-12-14(2)28-22/h4-9,12-13,15H,1,10-11H2,2-3H3. The molecular weight excluding hydrogens is 370 g/mol. The van der Waals surface area contributed by atoms with Gasteiger partial charge in [-0.3, -0.25) is 19.6 Å². The zero-order valence-electron chi connectivity index (χ0n) is 15.9. The van der Waals surface area contributed by atoms with Crippen molar-refractivity contribution in [2.24, 2.45) is 0 Å². The van der Waals surface area contributed by atoms with Crippen LogP contribution < -0.4 is 0 Å². The van der Waals surface area contributed by atoms with Gasteiger partial charge in [-0.05, 0) is 43.7 Å². The van der Waals surface area contributed by atoms with E-state index in [0.717, 1.165) is 26.7 Å². The van der Waals surface area contributed by atoms with Crippen LogP contribution in [-0.4, -0.2) is 26.5 Å². The van der Waals surface area contributed by atoms with Gasteiger partial charge in [0, 0.05) is 34.7 Å². The van der Waals surface area contributed by atoms with Gasteiger partial charge in [-0.25, -0.2) is 4.98 Å². The van der Waals surface area contributed by atoms with E-state index < -0.39 is 0 Å². The van der Waals surface area contributed by atoms with E-state index in [1.807, 2.05) is 38.1 Å². The molecule has 0 amide bonds. The van der Waals surface area contributed by atoms with Crippen LogP contribution in [0.25, 0.3) is 11.1 Å². The van der Waals surface area contributed by atoms with Crippen molar-refractivity contribution in [3.63, 3.8) is 0 Å². The Labute approximate surface area is 168 Å². The van der Waals surface area contributed by atoms with Crippen molar-refractivity contribution in [1.29, 1.82) is 0 Å². The van der Waals surface area contributed by atoms with Crippen molar-refractivity contribution in [1.82, 2.24) is 15.0 Å². The average Bonchev–Trinajstić information content (AvgIpc) is 3.12. The lowest BCUT2D eigenvalue weighted by molar-refractivity contribution is -0.119. The minimum absolute atomic E-state index is 0.0609. The Balaban J connectivity index is 1.75. The highest BCUT2D eigenvalue weighted by molar-refractivity contribution is 7.11. The Morgan fingerprint density at radius 3 is 2.57 bits per heavy atom. The van der Waals surface area contributed by atoms with Gasteiger partial charge in [-0.2, -0.15) is 0 Å². The maximum Gasteiger partial charge on any atom is 0.161 e. The van der Waals surface area contributed by atoms with Gasteiger partial charge in [-0.15, -0.1) is 11.3 Å². The molecule has 0 bridgehead atoms. The Kier molecular flexibility index (Phi) is 6.21. The molecule has 3 rings (SSSR count). The normalized spacial score (nSPS) is 11.8. The first-order chi connectivity index (χ1) is 13.5. The lowest BCUT2D eigenvalue weighted by atomic mass is 9.97. The number of hydrogen-bond donors (Lipinski definition) is 0. The largest absolute Gasteiger partial charge is 0.298 e. The van der Waals surface area contributed by atoms with Crippen LogP contribution in [0.4, 0.5) is 0 Å². The van der Waals surface area contributed by atoms with E-state index in [9.17, 15) is 9.59 Å². The number of carbonyl (C=O) groups is 2. The Morgan fingerprint density at radius 1 is 1.11 bits per heavy atom.